The number of rotatable bonds is 3. The predicted molar refractivity (Wildman–Crippen MR) is 75.0 cm³/mol. The molecule has 2 aromatic rings. The van der Waals surface area contributed by atoms with Crippen molar-refractivity contribution in [1.29, 1.82) is 0 Å². The van der Waals surface area contributed by atoms with Gasteiger partial charge in [0.1, 0.15) is 16.9 Å². The van der Waals surface area contributed by atoms with Crippen LogP contribution in [0.1, 0.15) is 31.3 Å². The van der Waals surface area contributed by atoms with Crippen LogP contribution in [0.25, 0.3) is 11.0 Å². The summed E-state index contributed by atoms with van der Waals surface area (Å²) in [5.74, 6) is 0.844. The first-order valence-electron chi connectivity index (χ1n) is 5.33. The highest BCUT2D eigenvalue weighted by atomic mass is 127. The van der Waals surface area contributed by atoms with Gasteiger partial charge in [-0.05, 0) is 35.9 Å². The van der Waals surface area contributed by atoms with Gasteiger partial charge in [0, 0.05) is 12.1 Å². The molecule has 0 radical (unpaired) electrons. The monoisotopic (exact) mass is 349 g/mol. The van der Waals surface area contributed by atoms with Gasteiger partial charge in [-0.3, -0.25) is 0 Å². The van der Waals surface area contributed by atoms with Gasteiger partial charge < -0.3 is 4.98 Å². The lowest BCUT2D eigenvalue weighted by Crippen LogP contribution is -1.96. The van der Waals surface area contributed by atoms with E-state index < -0.39 is 0 Å². The molecule has 1 N–H and O–H groups in total. The number of hydrogen-bond donors (Lipinski definition) is 1. The summed E-state index contributed by atoms with van der Waals surface area (Å²) in [5, 5.41) is 0.530. The Bertz CT molecular complexity index is 521. The van der Waals surface area contributed by atoms with Crippen LogP contribution in [0.3, 0.4) is 0 Å². The van der Waals surface area contributed by atoms with E-state index in [2.05, 4.69) is 44.5 Å². The van der Waals surface area contributed by atoms with Gasteiger partial charge in [0.15, 0.2) is 5.15 Å². The molecule has 0 aliphatic rings. The fourth-order valence-electron chi connectivity index (χ4n) is 1.61. The second kappa shape index (κ2) is 4.87. The Hall–Kier alpha value is -0.360. The van der Waals surface area contributed by atoms with Crippen LogP contribution in [0.2, 0.25) is 5.15 Å². The number of aromatic amines is 1. The molecule has 0 bridgehead atoms. The number of nitrogens with one attached hydrogen (secondary N) is 1. The van der Waals surface area contributed by atoms with Crippen LogP contribution in [0.15, 0.2) is 0 Å². The normalized spacial score (nSPS) is 11.2. The molecule has 0 aliphatic heterocycles. The van der Waals surface area contributed by atoms with E-state index in [0.717, 1.165) is 45.4 Å². The SMILES string of the molecule is CCCCc1nc(Cl)c2[nH]c(C)c(I)c2n1. The van der Waals surface area contributed by atoms with Crippen molar-refractivity contribution in [2.24, 2.45) is 0 Å². The predicted octanol–water partition coefficient (Wildman–Crippen LogP) is 3.87. The summed E-state index contributed by atoms with van der Waals surface area (Å²) >= 11 is 8.43. The van der Waals surface area contributed by atoms with Crippen LogP contribution >= 0.6 is 34.2 Å². The average molecular weight is 350 g/mol. The van der Waals surface area contributed by atoms with E-state index in [4.69, 9.17) is 11.6 Å². The fourth-order valence-corrected chi connectivity index (χ4v) is 2.37. The third kappa shape index (κ3) is 2.18. The summed E-state index contributed by atoms with van der Waals surface area (Å²) in [6, 6.07) is 0. The molecule has 0 atom stereocenters. The van der Waals surface area contributed by atoms with Crippen LogP contribution in [-0.2, 0) is 6.42 Å². The fraction of sp³-hybridized carbons (Fsp3) is 0.455. The lowest BCUT2D eigenvalue weighted by Gasteiger charge is -2.00. The number of nitrogens with zero attached hydrogens (tertiary/aromatic N) is 2. The lowest BCUT2D eigenvalue weighted by atomic mass is 10.2. The van der Waals surface area contributed by atoms with Crippen molar-refractivity contribution >= 4 is 45.2 Å². The third-order valence-corrected chi connectivity index (χ3v) is 4.11. The van der Waals surface area contributed by atoms with E-state index in [0.29, 0.717) is 5.15 Å². The summed E-state index contributed by atoms with van der Waals surface area (Å²) in [7, 11) is 0. The first-order chi connectivity index (χ1) is 7.63. The quantitative estimate of drug-likeness (QED) is 0.675. The zero-order chi connectivity index (χ0) is 11.7. The Morgan fingerprint density at radius 1 is 1.38 bits per heavy atom. The number of fused-ring (bicyclic) bond motifs is 1. The molecule has 2 aromatic heterocycles. The maximum absolute atomic E-state index is 6.14. The zero-order valence-electron chi connectivity index (χ0n) is 9.27. The Labute approximate surface area is 113 Å². The second-order valence-electron chi connectivity index (χ2n) is 3.82. The standard InChI is InChI=1S/C11H13ClIN3/c1-3-4-5-7-15-9-8(13)6(2)14-10(9)11(12)16-7/h14H,3-5H2,1-2H3. The maximum Gasteiger partial charge on any atom is 0.156 e. The molecular formula is C11H13ClIN3. The minimum atomic E-state index is 0.530. The Morgan fingerprint density at radius 3 is 2.81 bits per heavy atom. The molecule has 16 heavy (non-hydrogen) atoms. The summed E-state index contributed by atoms with van der Waals surface area (Å²) in [6.45, 7) is 4.18. The molecular weight excluding hydrogens is 336 g/mol. The van der Waals surface area contributed by atoms with Crippen molar-refractivity contribution in [3.8, 4) is 0 Å². The second-order valence-corrected chi connectivity index (χ2v) is 5.26. The van der Waals surface area contributed by atoms with E-state index in [-0.39, 0.29) is 0 Å². The Kier molecular flexibility index (Phi) is 3.69. The largest absolute Gasteiger partial charge is 0.354 e. The van der Waals surface area contributed by atoms with E-state index in [9.17, 15) is 0 Å². The summed E-state index contributed by atoms with van der Waals surface area (Å²) in [5.41, 5.74) is 2.90. The van der Waals surface area contributed by atoms with Crippen molar-refractivity contribution in [1.82, 2.24) is 15.0 Å². The van der Waals surface area contributed by atoms with Crippen molar-refractivity contribution in [3.63, 3.8) is 0 Å². The molecule has 3 nitrogen and oxygen atoms in total. The maximum atomic E-state index is 6.14. The molecule has 0 fully saturated rings. The van der Waals surface area contributed by atoms with Crippen LogP contribution in [-0.4, -0.2) is 15.0 Å². The lowest BCUT2D eigenvalue weighted by molar-refractivity contribution is 0.757. The topological polar surface area (TPSA) is 41.6 Å². The van der Waals surface area contributed by atoms with Crippen LogP contribution in [0.5, 0.6) is 0 Å². The Morgan fingerprint density at radius 2 is 2.12 bits per heavy atom. The van der Waals surface area contributed by atoms with Crippen molar-refractivity contribution in [2.75, 3.05) is 0 Å². The molecule has 0 aliphatic carbocycles. The Balaban J connectivity index is 2.52. The van der Waals surface area contributed by atoms with Gasteiger partial charge in [-0.2, -0.15) is 0 Å². The summed E-state index contributed by atoms with van der Waals surface area (Å²) < 4.78 is 1.13. The highest BCUT2D eigenvalue weighted by Gasteiger charge is 2.12. The van der Waals surface area contributed by atoms with Crippen molar-refractivity contribution in [2.45, 2.75) is 33.1 Å². The number of halogens is 2. The highest BCUT2D eigenvalue weighted by Crippen LogP contribution is 2.26. The van der Waals surface area contributed by atoms with E-state index in [1.807, 2.05) is 6.92 Å². The molecule has 0 unspecified atom stereocenters. The molecule has 5 heteroatoms. The summed E-state index contributed by atoms with van der Waals surface area (Å²) in [4.78, 5) is 12.1. The van der Waals surface area contributed by atoms with E-state index in [1.54, 1.807) is 0 Å². The molecule has 0 amide bonds. The number of aromatic nitrogens is 3. The van der Waals surface area contributed by atoms with Gasteiger partial charge in [-0.1, -0.05) is 24.9 Å². The van der Waals surface area contributed by atoms with E-state index in [1.165, 1.54) is 0 Å². The van der Waals surface area contributed by atoms with Gasteiger partial charge in [-0.15, -0.1) is 0 Å². The molecule has 86 valence electrons. The van der Waals surface area contributed by atoms with Gasteiger partial charge in [-0.25, -0.2) is 9.97 Å². The molecule has 0 saturated carbocycles. The number of unbranched alkanes of at least 4 members (excludes halogenated alkanes) is 1. The van der Waals surface area contributed by atoms with Gasteiger partial charge >= 0.3 is 0 Å². The van der Waals surface area contributed by atoms with Gasteiger partial charge in [0.25, 0.3) is 0 Å². The summed E-state index contributed by atoms with van der Waals surface area (Å²) in [6.07, 6.45) is 3.14. The smallest absolute Gasteiger partial charge is 0.156 e. The zero-order valence-corrected chi connectivity index (χ0v) is 12.2. The first kappa shape index (κ1) is 12.1. The number of H-pyrrole nitrogens is 1. The van der Waals surface area contributed by atoms with Crippen LogP contribution in [0, 0.1) is 10.5 Å². The molecule has 2 heterocycles. The molecule has 2 rings (SSSR count). The molecule has 0 aromatic carbocycles. The highest BCUT2D eigenvalue weighted by molar-refractivity contribution is 14.1. The van der Waals surface area contributed by atoms with Crippen molar-refractivity contribution < 1.29 is 0 Å². The van der Waals surface area contributed by atoms with Crippen molar-refractivity contribution in [3.05, 3.63) is 20.2 Å². The van der Waals surface area contributed by atoms with Crippen LogP contribution < -0.4 is 0 Å². The molecule has 0 saturated heterocycles. The minimum absolute atomic E-state index is 0.530. The minimum Gasteiger partial charge on any atom is -0.354 e. The van der Waals surface area contributed by atoms with E-state index >= 15 is 0 Å². The molecule has 0 spiro atoms. The third-order valence-electron chi connectivity index (χ3n) is 2.51. The average Bonchev–Trinajstić information content (AvgIpc) is 2.54. The van der Waals surface area contributed by atoms with Gasteiger partial charge in [0.05, 0.1) is 3.57 Å². The van der Waals surface area contributed by atoms with Crippen LogP contribution in [0.4, 0.5) is 0 Å². The number of hydrogen-bond acceptors (Lipinski definition) is 2. The first-order valence-corrected chi connectivity index (χ1v) is 6.79. The van der Waals surface area contributed by atoms with Gasteiger partial charge in [0.2, 0.25) is 0 Å². The number of aryl methyl sites for hydroxylation is 2.